The molecule has 0 unspecified atom stereocenters. The first kappa shape index (κ1) is 14.0. The van der Waals surface area contributed by atoms with Gasteiger partial charge >= 0.3 is 5.97 Å². The Hall–Kier alpha value is -2.96. The molecule has 2 aromatic heterocycles. The van der Waals surface area contributed by atoms with Gasteiger partial charge in [-0.3, -0.25) is 9.20 Å². The number of aromatic nitrogens is 4. The molecule has 7 heteroatoms. The van der Waals surface area contributed by atoms with Crippen LogP contribution < -0.4 is 4.74 Å². The lowest BCUT2D eigenvalue weighted by molar-refractivity contribution is -0.137. The molecule has 0 atom stereocenters. The van der Waals surface area contributed by atoms with E-state index in [0.29, 0.717) is 17.9 Å². The van der Waals surface area contributed by atoms with E-state index in [9.17, 15) is 4.79 Å². The van der Waals surface area contributed by atoms with Gasteiger partial charge in [0.05, 0.1) is 19.2 Å². The maximum Gasteiger partial charge on any atom is 0.303 e. The van der Waals surface area contributed by atoms with E-state index in [1.54, 1.807) is 17.8 Å². The van der Waals surface area contributed by atoms with Gasteiger partial charge in [0.25, 0.3) is 0 Å². The summed E-state index contributed by atoms with van der Waals surface area (Å²) >= 11 is 0. The number of methoxy groups -OCH3 is 1. The molecule has 0 aliphatic rings. The Bertz CT molecular complexity index is 811. The van der Waals surface area contributed by atoms with E-state index in [1.165, 1.54) is 0 Å². The predicted octanol–water partition coefficient (Wildman–Crippen LogP) is 1.82. The second-order valence-corrected chi connectivity index (χ2v) is 4.74. The quantitative estimate of drug-likeness (QED) is 0.772. The number of hydrogen-bond acceptors (Lipinski definition) is 5. The molecule has 0 saturated heterocycles. The van der Waals surface area contributed by atoms with Crippen molar-refractivity contribution >= 4 is 11.6 Å². The van der Waals surface area contributed by atoms with Gasteiger partial charge in [0, 0.05) is 18.1 Å². The van der Waals surface area contributed by atoms with Crippen molar-refractivity contribution in [2.75, 3.05) is 7.11 Å². The standard InChI is InChI=1S/C15H14N4O3/c1-22-11-4-2-10(3-5-11)12-8-14-18-17-13(6-7-15(20)21)19(14)9-16-12/h2-5,8-9H,6-7H2,1H3,(H,20,21). The number of aryl methyl sites for hydroxylation is 1. The number of fused-ring (bicyclic) bond motifs is 1. The monoisotopic (exact) mass is 298 g/mol. The normalized spacial score (nSPS) is 10.8. The van der Waals surface area contributed by atoms with Crippen LogP contribution in [0.1, 0.15) is 12.2 Å². The maximum absolute atomic E-state index is 10.6. The Labute approximate surface area is 126 Å². The first-order valence-corrected chi connectivity index (χ1v) is 6.73. The topological polar surface area (TPSA) is 89.6 Å². The first-order chi connectivity index (χ1) is 10.7. The number of carboxylic acids is 1. The third-order valence-electron chi connectivity index (χ3n) is 3.32. The lowest BCUT2D eigenvalue weighted by Crippen LogP contribution is -2.02. The van der Waals surface area contributed by atoms with Crippen molar-refractivity contribution in [2.45, 2.75) is 12.8 Å². The summed E-state index contributed by atoms with van der Waals surface area (Å²) in [7, 11) is 1.62. The zero-order chi connectivity index (χ0) is 15.5. The molecule has 0 bridgehead atoms. The Morgan fingerprint density at radius 2 is 2.05 bits per heavy atom. The molecule has 1 N–H and O–H groups in total. The average Bonchev–Trinajstić information content (AvgIpc) is 2.95. The Morgan fingerprint density at radius 1 is 1.27 bits per heavy atom. The van der Waals surface area contributed by atoms with Crippen molar-refractivity contribution in [3.05, 3.63) is 42.5 Å². The highest BCUT2D eigenvalue weighted by Crippen LogP contribution is 2.21. The molecule has 7 nitrogen and oxygen atoms in total. The molecule has 3 aromatic rings. The van der Waals surface area contributed by atoms with Crippen LogP contribution in [-0.2, 0) is 11.2 Å². The van der Waals surface area contributed by atoms with Crippen molar-refractivity contribution < 1.29 is 14.6 Å². The fourth-order valence-corrected chi connectivity index (χ4v) is 2.15. The highest BCUT2D eigenvalue weighted by Gasteiger charge is 2.09. The van der Waals surface area contributed by atoms with Gasteiger partial charge in [-0.1, -0.05) is 0 Å². The third kappa shape index (κ3) is 2.73. The highest BCUT2D eigenvalue weighted by molar-refractivity contribution is 5.67. The largest absolute Gasteiger partial charge is 0.497 e. The zero-order valence-electron chi connectivity index (χ0n) is 11.9. The summed E-state index contributed by atoms with van der Waals surface area (Å²) in [5, 5.41) is 16.8. The third-order valence-corrected chi connectivity index (χ3v) is 3.32. The summed E-state index contributed by atoms with van der Waals surface area (Å²) in [6.45, 7) is 0. The highest BCUT2D eigenvalue weighted by atomic mass is 16.5. The molecule has 1 aromatic carbocycles. The Balaban J connectivity index is 1.91. The van der Waals surface area contributed by atoms with Crippen LogP contribution in [0, 0.1) is 0 Å². The second kappa shape index (κ2) is 5.80. The van der Waals surface area contributed by atoms with Crippen molar-refractivity contribution in [2.24, 2.45) is 0 Å². The molecular formula is C15H14N4O3. The number of carboxylic acid groups (broad SMARTS) is 1. The molecule has 22 heavy (non-hydrogen) atoms. The Kier molecular flexibility index (Phi) is 3.69. The van der Waals surface area contributed by atoms with Gasteiger partial charge < -0.3 is 9.84 Å². The molecule has 0 aliphatic heterocycles. The van der Waals surface area contributed by atoms with Crippen LogP contribution in [0.3, 0.4) is 0 Å². The molecule has 0 aliphatic carbocycles. The van der Waals surface area contributed by atoms with E-state index in [-0.39, 0.29) is 6.42 Å². The molecule has 3 rings (SSSR count). The lowest BCUT2D eigenvalue weighted by atomic mass is 10.1. The van der Waals surface area contributed by atoms with Crippen LogP contribution in [0.5, 0.6) is 5.75 Å². The van der Waals surface area contributed by atoms with Crippen LogP contribution in [0.4, 0.5) is 0 Å². The number of benzene rings is 1. The van der Waals surface area contributed by atoms with E-state index in [0.717, 1.165) is 17.0 Å². The van der Waals surface area contributed by atoms with Crippen molar-refractivity contribution in [3.8, 4) is 17.0 Å². The van der Waals surface area contributed by atoms with E-state index in [1.807, 2.05) is 30.3 Å². The minimum Gasteiger partial charge on any atom is -0.497 e. The maximum atomic E-state index is 10.6. The predicted molar refractivity (Wildman–Crippen MR) is 78.7 cm³/mol. The van der Waals surface area contributed by atoms with Crippen molar-refractivity contribution in [1.29, 1.82) is 0 Å². The summed E-state index contributed by atoms with van der Waals surface area (Å²) in [6.07, 6.45) is 1.95. The molecule has 2 heterocycles. The Morgan fingerprint density at radius 3 is 2.73 bits per heavy atom. The summed E-state index contributed by atoms with van der Waals surface area (Å²) in [4.78, 5) is 15.0. The molecule has 0 fully saturated rings. The zero-order valence-corrected chi connectivity index (χ0v) is 11.9. The SMILES string of the molecule is COc1ccc(-c2cc3nnc(CCC(=O)O)n3cn2)cc1. The fourth-order valence-electron chi connectivity index (χ4n) is 2.15. The molecule has 112 valence electrons. The number of aliphatic carboxylic acids is 1. The van der Waals surface area contributed by atoms with Crippen LogP contribution in [-0.4, -0.2) is 37.8 Å². The first-order valence-electron chi connectivity index (χ1n) is 6.73. The minimum absolute atomic E-state index is 0.0149. The van der Waals surface area contributed by atoms with Gasteiger partial charge in [0.1, 0.15) is 17.9 Å². The summed E-state index contributed by atoms with van der Waals surface area (Å²) < 4.78 is 6.83. The molecule has 0 spiro atoms. The lowest BCUT2D eigenvalue weighted by Gasteiger charge is -2.04. The minimum atomic E-state index is -0.862. The molecule has 0 saturated carbocycles. The number of carbonyl (C=O) groups is 1. The van der Waals surface area contributed by atoms with E-state index < -0.39 is 5.97 Å². The van der Waals surface area contributed by atoms with E-state index in [4.69, 9.17) is 9.84 Å². The van der Waals surface area contributed by atoms with E-state index in [2.05, 4.69) is 15.2 Å². The van der Waals surface area contributed by atoms with Gasteiger partial charge in [-0.05, 0) is 24.3 Å². The summed E-state index contributed by atoms with van der Waals surface area (Å²) in [5.41, 5.74) is 2.35. The number of ether oxygens (including phenoxy) is 1. The summed E-state index contributed by atoms with van der Waals surface area (Å²) in [6, 6.07) is 9.38. The van der Waals surface area contributed by atoms with Crippen LogP contribution in [0.25, 0.3) is 16.9 Å². The molecular weight excluding hydrogens is 284 g/mol. The average molecular weight is 298 g/mol. The van der Waals surface area contributed by atoms with Gasteiger partial charge in [0.15, 0.2) is 5.65 Å². The van der Waals surface area contributed by atoms with Crippen LogP contribution >= 0.6 is 0 Å². The van der Waals surface area contributed by atoms with Gasteiger partial charge in [-0.25, -0.2) is 4.98 Å². The number of rotatable bonds is 5. The van der Waals surface area contributed by atoms with Crippen molar-refractivity contribution in [1.82, 2.24) is 19.6 Å². The van der Waals surface area contributed by atoms with Crippen molar-refractivity contribution in [3.63, 3.8) is 0 Å². The molecule has 0 amide bonds. The van der Waals surface area contributed by atoms with Gasteiger partial charge in [-0.15, -0.1) is 10.2 Å². The van der Waals surface area contributed by atoms with Crippen LogP contribution in [0.2, 0.25) is 0 Å². The van der Waals surface area contributed by atoms with Gasteiger partial charge in [-0.2, -0.15) is 0 Å². The second-order valence-electron chi connectivity index (χ2n) is 4.74. The van der Waals surface area contributed by atoms with Crippen LogP contribution in [0.15, 0.2) is 36.7 Å². The number of nitrogens with zero attached hydrogens (tertiary/aromatic N) is 4. The fraction of sp³-hybridized carbons (Fsp3) is 0.200. The number of hydrogen-bond donors (Lipinski definition) is 1. The summed E-state index contributed by atoms with van der Waals surface area (Å²) in [5.74, 6) is 0.508. The molecule has 0 radical (unpaired) electrons. The van der Waals surface area contributed by atoms with E-state index >= 15 is 0 Å². The smallest absolute Gasteiger partial charge is 0.303 e. The van der Waals surface area contributed by atoms with Gasteiger partial charge in [0.2, 0.25) is 0 Å².